The molecule has 0 bridgehead atoms. The van der Waals surface area contributed by atoms with Crippen molar-refractivity contribution in [3.63, 3.8) is 0 Å². The molecule has 3 rings (SSSR count). The molecule has 1 amide bonds. The number of amides is 1. The van der Waals surface area contributed by atoms with Gasteiger partial charge in [-0.05, 0) is 24.1 Å². The quantitative estimate of drug-likeness (QED) is 0.756. The zero-order valence-electron chi connectivity index (χ0n) is 12.9. The van der Waals surface area contributed by atoms with E-state index in [0.29, 0.717) is 19.5 Å². The minimum Gasteiger partial charge on any atom is -0.454 e. The van der Waals surface area contributed by atoms with Gasteiger partial charge in [0.25, 0.3) is 0 Å². The summed E-state index contributed by atoms with van der Waals surface area (Å²) >= 11 is 0. The van der Waals surface area contributed by atoms with E-state index in [2.05, 4.69) is 24.5 Å². The Kier molecular flexibility index (Phi) is 3.97. The van der Waals surface area contributed by atoms with E-state index in [1.807, 2.05) is 18.2 Å². The van der Waals surface area contributed by atoms with Crippen molar-refractivity contribution < 1.29 is 19.4 Å². The molecule has 22 heavy (non-hydrogen) atoms. The minimum atomic E-state index is -0.433. The number of fused-ring (bicyclic) bond motifs is 1. The van der Waals surface area contributed by atoms with Gasteiger partial charge in [-0.25, -0.2) is 0 Å². The van der Waals surface area contributed by atoms with Crippen LogP contribution in [-0.4, -0.2) is 43.0 Å². The molecule has 1 fully saturated rings. The molecular formula is C16H22N2O4. The van der Waals surface area contributed by atoms with Gasteiger partial charge in [0.2, 0.25) is 12.7 Å². The summed E-state index contributed by atoms with van der Waals surface area (Å²) in [6.07, 6.45) is 0.0358. The van der Waals surface area contributed by atoms with Crippen molar-refractivity contribution in [2.24, 2.45) is 0 Å². The first kappa shape index (κ1) is 15.1. The van der Waals surface area contributed by atoms with Crippen molar-refractivity contribution >= 4 is 5.91 Å². The van der Waals surface area contributed by atoms with E-state index >= 15 is 0 Å². The normalized spacial score (nSPS) is 23.6. The smallest absolute Gasteiger partial charge is 0.237 e. The minimum absolute atomic E-state index is 0.0645. The van der Waals surface area contributed by atoms with Gasteiger partial charge < -0.3 is 25.2 Å². The number of aliphatic hydroxyl groups excluding tert-OH is 1. The Hall–Kier alpha value is -1.79. The summed E-state index contributed by atoms with van der Waals surface area (Å²) in [5, 5.41) is 15.5. The Morgan fingerprint density at radius 2 is 2.18 bits per heavy atom. The molecule has 0 aliphatic carbocycles. The second-order valence-corrected chi connectivity index (χ2v) is 6.52. The first-order valence-electron chi connectivity index (χ1n) is 7.55. The number of β-amino-alcohol motifs (C(OH)–C–C–N with tert-alkyl or cyclic N) is 1. The third kappa shape index (κ3) is 3.03. The lowest BCUT2D eigenvalue weighted by atomic mass is 9.84. The number of benzene rings is 1. The predicted octanol–water partition coefficient (Wildman–Crippen LogP) is 0.532. The van der Waals surface area contributed by atoms with Crippen LogP contribution in [0.4, 0.5) is 0 Å². The number of rotatable bonds is 4. The molecule has 3 N–H and O–H groups in total. The van der Waals surface area contributed by atoms with Crippen LogP contribution in [-0.2, 0) is 10.2 Å². The van der Waals surface area contributed by atoms with E-state index in [1.165, 1.54) is 0 Å². The Morgan fingerprint density at radius 1 is 1.41 bits per heavy atom. The van der Waals surface area contributed by atoms with Gasteiger partial charge in [-0.3, -0.25) is 4.79 Å². The van der Waals surface area contributed by atoms with Crippen LogP contribution in [0.1, 0.15) is 25.8 Å². The average molecular weight is 306 g/mol. The molecule has 6 heteroatoms. The molecule has 1 aromatic rings. The van der Waals surface area contributed by atoms with Crippen molar-refractivity contribution in [2.45, 2.75) is 37.8 Å². The largest absolute Gasteiger partial charge is 0.454 e. The van der Waals surface area contributed by atoms with Crippen molar-refractivity contribution in [1.29, 1.82) is 0 Å². The molecule has 2 heterocycles. The van der Waals surface area contributed by atoms with Gasteiger partial charge in [-0.15, -0.1) is 0 Å². The van der Waals surface area contributed by atoms with E-state index in [4.69, 9.17) is 9.47 Å². The van der Waals surface area contributed by atoms with Crippen LogP contribution in [0.25, 0.3) is 0 Å². The molecule has 0 aromatic heterocycles. The van der Waals surface area contributed by atoms with Crippen LogP contribution in [0.2, 0.25) is 0 Å². The highest BCUT2D eigenvalue weighted by molar-refractivity contribution is 5.82. The van der Waals surface area contributed by atoms with Crippen molar-refractivity contribution in [1.82, 2.24) is 10.6 Å². The van der Waals surface area contributed by atoms with Crippen LogP contribution in [0.3, 0.4) is 0 Å². The number of ether oxygens (including phenoxy) is 2. The molecule has 0 radical (unpaired) electrons. The maximum atomic E-state index is 12.1. The second-order valence-electron chi connectivity index (χ2n) is 6.52. The summed E-state index contributed by atoms with van der Waals surface area (Å²) in [6.45, 7) is 5.39. The van der Waals surface area contributed by atoms with Gasteiger partial charge in [-0.2, -0.15) is 0 Å². The summed E-state index contributed by atoms with van der Waals surface area (Å²) in [7, 11) is 0. The number of carbonyl (C=O) groups is 1. The van der Waals surface area contributed by atoms with E-state index in [-0.39, 0.29) is 24.2 Å². The van der Waals surface area contributed by atoms with Gasteiger partial charge in [0.15, 0.2) is 11.5 Å². The summed E-state index contributed by atoms with van der Waals surface area (Å²) in [4.78, 5) is 12.1. The third-order valence-electron chi connectivity index (χ3n) is 4.28. The van der Waals surface area contributed by atoms with Gasteiger partial charge in [0, 0.05) is 18.5 Å². The van der Waals surface area contributed by atoms with Gasteiger partial charge in [0.05, 0.1) is 12.1 Å². The van der Waals surface area contributed by atoms with Crippen LogP contribution in [0.5, 0.6) is 11.5 Å². The second kappa shape index (κ2) is 5.78. The van der Waals surface area contributed by atoms with Crippen molar-refractivity contribution in [2.75, 3.05) is 19.9 Å². The molecule has 2 aliphatic rings. The lowest BCUT2D eigenvalue weighted by Gasteiger charge is -2.26. The average Bonchev–Trinajstić information content (AvgIpc) is 3.12. The zero-order chi connectivity index (χ0) is 15.7. The summed E-state index contributed by atoms with van der Waals surface area (Å²) < 4.78 is 10.7. The lowest BCUT2D eigenvalue weighted by Crippen LogP contribution is -2.45. The van der Waals surface area contributed by atoms with Gasteiger partial charge >= 0.3 is 0 Å². The predicted molar refractivity (Wildman–Crippen MR) is 81.0 cm³/mol. The summed E-state index contributed by atoms with van der Waals surface area (Å²) in [5.41, 5.74) is 0.852. The number of hydrogen-bond donors (Lipinski definition) is 3. The van der Waals surface area contributed by atoms with E-state index < -0.39 is 6.10 Å². The van der Waals surface area contributed by atoms with Gasteiger partial charge in [-0.1, -0.05) is 19.9 Å². The van der Waals surface area contributed by atoms with Crippen LogP contribution < -0.4 is 20.1 Å². The van der Waals surface area contributed by atoms with Crippen LogP contribution >= 0.6 is 0 Å². The number of nitrogens with one attached hydrogen (secondary N) is 2. The molecule has 6 nitrogen and oxygen atoms in total. The van der Waals surface area contributed by atoms with E-state index in [9.17, 15) is 9.90 Å². The number of aliphatic hydroxyl groups is 1. The maximum Gasteiger partial charge on any atom is 0.237 e. The molecule has 0 spiro atoms. The van der Waals surface area contributed by atoms with Gasteiger partial charge in [0.1, 0.15) is 0 Å². The fourth-order valence-corrected chi connectivity index (χ4v) is 2.77. The summed E-state index contributed by atoms with van der Waals surface area (Å²) in [5.74, 6) is 1.44. The number of hydrogen-bond acceptors (Lipinski definition) is 5. The molecule has 1 aromatic carbocycles. The fraction of sp³-hybridized carbons (Fsp3) is 0.562. The number of carbonyl (C=O) groups excluding carboxylic acids is 1. The molecule has 2 aliphatic heterocycles. The van der Waals surface area contributed by atoms with E-state index in [0.717, 1.165) is 17.1 Å². The lowest BCUT2D eigenvalue weighted by molar-refractivity contribution is -0.123. The fourth-order valence-electron chi connectivity index (χ4n) is 2.77. The molecule has 2 atom stereocenters. The standard InChI is InChI=1S/C16H22N2O4/c1-16(2,8-18-15(20)12-6-11(19)7-17-12)10-3-4-13-14(5-10)22-9-21-13/h3-5,11-12,17,19H,6-9H2,1-2H3,(H,18,20)/t11-,12-/m0/s1. The van der Waals surface area contributed by atoms with E-state index in [1.54, 1.807) is 0 Å². The topological polar surface area (TPSA) is 79.8 Å². The molecule has 0 saturated carbocycles. The Labute approximate surface area is 129 Å². The first-order valence-corrected chi connectivity index (χ1v) is 7.55. The zero-order valence-corrected chi connectivity index (χ0v) is 12.9. The Morgan fingerprint density at radius 3 is 2.91 bits per heavy atom. The highest BCUT2D eigenvalue weighted by Crippen LogP contribution is 2.36. The molecule has 120 valence electrons. The molecule has 0 unspecified atom stereocenters. The third-order valence-corrected chi connectivity index (χ3v) is 4.28. The summed E-state index contributed by atoms with van der Waals surface area (Å²) in [6, 6.07) is 5.56. The van der Waals surface area contributed by atoms with Crippen molar-refractivity contribution in [3.8, 4) is 11.5 Å². The Bertz CT molecular complexity index is 573. The SMILES string of the molecule is CC(C)(CNC(=O)[C@@H]1C[C@H](O)CN1)c1ccc2c(c1)OCO2. The van der Waals surface area contributed by atoms with Crippen LogP contribution in [0.15, 0.2) is 18.2 Å². The maximum absolute atomic E-state index is 12.1. The first-order chi connectivity index (χ1) is 10.5. The highest BCUT2D eigenvalue weighted by atomic mass is 16.7. The van der Waals surface area contributed by atoms with Crippen LogP contribution in [0, 0.1) is 0 Å². The monoisotopic (exact) mass is 306 g/mol. The Balaban J connectivity index is 1.62. The highest BCUT2D eigenvalue weighted by Gasteiger charge is 2.30. The van der Waals surface area contributed by atoms with Crippen molar-refractivity contribution in [3.05, 3.63) is 23.8 Å². The molecular weight excluding hydrogens is 284 g/mol. The molecule has 1 saturated heterocycles.